The molecule has 0 aromatic heterocycles. The third kappa shape index (κ3) is 6.67. The summed E-state index contributed by atoms with van der Waals surface area (Å²) in [6.45, 7) is 5.52. The highest BCUT2D eigenvalue weighted by molar-refractivity contribution is 7.89. The highest BCUT2D eigenvalue weighted by Crippen LogP contribution is 2.22. The van der Waals surface area contributed by atoms with Crippen LogP contribution in [0, 0.1) is 11.7 Å². The van der Waals surface area contributed by atoms with Gasteiger partial charge in [-0.2, -0.15) is 4.31 Å². The van der Waals surface area contributed by atoms with Crippen molar-refractivity contribution in [3.8, 4) is 0 Å². The number of nitrogens with one attached hydrogen (secondary N) is 1. The summed E-state index contributed by atoms with van der Waals surface area (Å²) < 4.78 is 40.9. The fraction of sp³-hybridized carbons (Fsp3) is 0.333. The van der Waals surface area contributed by atoms with Crippen molar-refractivity contribution in [2.24, 2.45) is 5.92 Å². The Hall–Kier alpha value is -3.30. The molecule has 0 aliphatic rings. The van der Waals surface area contributed by atoms with Gasteiger partial charge in [-0.1, -0.05) is 56.3 Å². The Balaban J connectivity index is 1.83. The second-order valence-electron chi connectivity index (χ2n) is 9.23. The van der Waals surface area contributed by atoms with Crippen molar-refractivity contribution in [1.29, 1.82) is 0 Å². The average Bonchev–Trinajstić information content (AvgIpc) is 2.85. The van der Waals surface area contributed by atoms with Gasteiger partial charge in [0.15, 0.2) is 0 Å². The van der Waals surface area contributed by atoms with E-state index in [1.807, 2.05) is 38.1 Å². The van der Waals surface area contributed by atoms with Gasteiger partial charge in [0.1, 0.15) is 11.9 Å². The number of fused-ring (bicyclic) bond motifs is 1. The molecule has 1 N–H and O–H groups in total. The van der Waals surface area contributed by atoms with Crippen molar-refractivity contribution in [2.45, 2.75) is 38.3 Å². The van der Waals surface area contributed by atoms with Gasteiger partial charge < -0.3 is 10.2 Å². The van der Waals surface area contributed by atoms with E-state index in [-0.39, 0.29) is 23.3 Å². The van der Waals surface area contributed by atoms with Gasteiger partial charge in [-0.25, -0.2) is 12.8 Å². The van der Waals surface area contributed by atoms with Crippen LogP contribution in [0.15, 0.2) is 71.6 Å². The van der Waals surface area contributed by atoms with Crippen molar-refractivity contribution < 1.29 is 22.4 Å². The second kappa shape index (κ2) is 11.6. The zero-order chi connectivity index (χ0) is 26.5. The monoisotopic (exact) mass is 513 g/mol. The molecule has 9 heteroatoms. The molecule has 0 aliphatic heterocycles. The number of sulfonamides is 1. The highest BCUT2D eigenvalue weighted by Gasteiger charge is 2.30. The summed E-state index contributed by atoms with van der Waals surface area (Å²) in [5.41, 5.74) is 0.619. The van der Waals surface area contributed by atoms with Crippen molar-refractivity contribution in [3.63, 3.8) is 0 Å². The Labute approximate surface area is 212 Å². The molecular weight excluding hydrogens is 481 g/mol. The summed E-state index contributed by atoms with van der Waals surface area (Å²) >= 11 is 0. The number of benzene rings is 3. The molecule has 0 heterocycles. The summed E-state index contributed by atoms with van der Waals surface area (Å²) in [5, 5.41) is 4.49. The molecule has 0 saturated carbocycles. The number of amides is 2. The lowest BCUT2D eigenvalue weighted by Crippen LogP contribution is -2.51. The van der Waals surface area contributed by atoms with Gasteiger partial charge in [0.25, 0.3) is 0 Å². The zero-order valence-corrected chi connectivity index (χ0v) is 21.8. The maximum atomic E-state index is 13.4. The number of hydrogen-bond donors (Lipinski definition) is 1. The van der Waals surface area contributed by atoms with Crippen molar-refractivity contribution >= 4 is 32.6 Å². The summed E-state index contributed by atoms with van der Waals surface area (Å²) in [6, 6.07) is 17.0. The molecule has 3 rings (SSSR count). The van der Waals surface area contributed by atoms with E-state index >= 15 is 0 Å². The maximum Gasteiger partial charge on any atom is 0.243 e. The van der Waals surface area contributed by atoms with Crippen LogP contribution in [0.1, 0.15) is 26.3 Å². The van der Waals surface area contributed by atoms with E-state index in [1.54, 1.807) is 19.1 Å². The van der Waals surface area contributed by atoms with Gasteiger partial charge in [0.2, 0.25) is 21.8 Å². The molecule has 0 radical (unpaired) electrons. The summed E-state index contributed by atoms with van der Waals surface area (Å²) in [5.74, 6) is -1.08. The fourth-order valence-electron chi connectivity index (χ4n) is 3.70. The van der Waals surface area contributed by atoms with Crippen molar-refractivity contribution in [1.82, 2.24) is 14.5 Å². The SMILES string of the molecule is CC(C)CNC(=O)[C@@H](C)N(Cc1ccc(F)cc1)C(=O)CN(C)S(=O)(=O)c1ccc2ccccc2c1. The number of rotatable bonds is 10. The van der Waals surface area contributed by atoms with E-state index in [9.17, 15) is 22.4 Å². The standard InChI is InChI=1S/C27H32FN3O4S/c1-19(2)16-29-27(33)20(3)31(17-21-9-12-24(28)13-10-21)26(32)18-30(4)36(34,35)25-14-11-22-7-5-6-8-23(22)15-25/h5-15,19-20H,16-18H2,1-4H3,(H,29,33)/t20-/m1/s1. The first kappa shape index (κ1) is 27.3. The van der Waals surface area contributed by atoms with E-state index in [4.69, 9.17) is 0 Å². The number of carbonyl (C=O) groups excluding carboxylic acids is 2. The third-order valence-corrected chi connectivity index (χ3v) is 7.70. The molecule has 36 heavy (non-hydrogen) atoms. The minimum atomic E-state index is -3.97. The molecule has 0 unspecified atom stereocenters. The Morgan fingerprint density at radius 1 is 0.944 bits per heavy atom. The van der Waals surface area contributed by atoms with E-state index in [2.05, 4.69) is 5.32 Å². The first-order chi connectivity index (χ1) is 17.0. The normalized spacial score (nSPS) is 12.6. The van der Waals surface area contributed by atoms with E-state index in [0.717, 1.165) is 15.1 Å². The number of nitrogens with zero attached hydrogens (tertiary/aromatic N) is 2. The van der Waals surface area contributed by atoms with Crippen LogP contribution in [0.25, 0.3) is 10.8 Å². The largest absolute Gasteiger partial charge is 0.354 e. The fourth-order valence-corrected chi connectivity index (χ4v) is 4.85. The molecule has 3 aromatic rings. The molecule has 192 valence electrons. The smallest absolute Gasteiger partial charge is 0.243 e. The predicted octanol–water partition coefficient (Wildman–Crippen LogP) is 3.79. The molecule has 0 bridgehead atoms. The number of likely N-dealkylation sites (N-methyl/N-ethyl adjacent to an activating group) is 1. The number of hydrogen-bond acceptors (Lipinski definition) is 4. The Morgan fingerprint density at radius 3 is 2.22 bits per heavy atom. The average molecular weight is 514 g/mol. The lowest BCUT2D eigenvalue weighted by Gasteiger charge is -2.30. The first-order valence-corrected chi connectivity index (χ1v) is 13.2. The van der Waals surface area contributed by atoms with E-state index in [0.29, 0.717) is 12.1 Å². The topological polar surface area (TPSA) is 86.8 Å². The number of carbonyl (C=O) groups is 2. The predicted molar refractivity (Wildman–Crippen MR) is 138 cm³/mol. The summed E-state index contributed by atoms with van der Waals surface area (Å²) in [6.07, 6.45) is 0. The van der Waals surface area contributed by atoms with Gasteiger partial charge in [0, 0.05) is 20.1 Å². The van der Waals surface area contributed by atoms with Crippen LogP contribution in [-0.4, -0.2) is 55.6 Å². The molecule has 3 aromatic carbocycles. The third-order valence-electron chi connectivity index (χ3n) is 5.91. The Kier molecular flexibility index (Phi) is 8.81. The van der Waals surface area contributed by atoms with Crippen molar-refractivity contribution in [3.05, 3.63) is 78.1 Å². The molecule has 0 fully saturated rings. The minimum absolute atomic E-state index is 0.0270. The maximum absolute atomic E-state index is 13.4. The Morgan fingerprint density at radius 2 is 1.58 bits per heavy atom. The minimum Gasteiger partial charge on any atom is -0.354 e. The molecule has 0 spiro atoms. The summed E-state index contributed by atoms with van der Waals surface area (Å²) in [7, 11) is -2.63. The van der Waals surface area contributed by atoms with Gasteiger partial charge in [-0.15, -0.1) is 0 Å². The van der Waals surface area contributed by atoms with Crippen LogP contribution in [0.3, 0.4) is 0 Å². The van der Waals surface area contributed by atoms with Crippen LogP contribution >= 0.6 is 0 Å². The molecule has 1 atom stereocenters. The molecule has 2 amide bonds. The molecule has 0 aliphatic carbocycles. The molecular formula is C27H32FN3O4S. The Bertz CT molecular complexity index is 1330. The van der Waals surface area contributed by atoms with Gasteiger partial charge in [-0.05, 0) is 53.4 Å². The second-order valence-corrected chi connectivity index (χ2v) is 11.3. The first-order valence-electron chi connectivity index (χ1n) is 11.8. The van der Waals surface area contributed by atoms with Crippen LogP contribution in [-0.2, 0) is 26.2 Å². The highest BCUT2D eigenvalue weighted by atomic mass is 32.2. The number of halogens is 1. The lowest BCUT2D eigenvalue weighted by molar-refractivity contribution is -0.140. The van der Waals surface area contributed by atoms with Crippen LogP contribution in [0.2, 0.25) is 0 Å². The van der Waals surface area contributed by atoms with E-state index in [1.165, 1.54) is 42.3 Å². The van der Waals surface area contributed by atoms with Crippen molar-refractivity contribution in [2.75, 3.05) is 20.1 Å². The van der Waals surface area contributed by atoms with Gasteiger partial charge in [0.05, 0.1) is 11.4 Å². The van der Waals surface area contributed by atoms with Crippen LogP contribution < -0.4 is 5.32 Å². The quantitative estimate of drug-likeness (QED) is 0.447. The van der Waals surface area contributed by atoms with Crippen LogP contribution in [0.4, 0.5) is 4.39 Å². The lowest BCUT2D eigenvalue weighted by atomic mass is 10.1. The van der Waals surface area contributed by atoms with Crippen LogP contribution in [0.5, 0.6) is 0 Å². The zero-order valence-electron chi connectivity index (χ0n) is 20.9. The van der Waals surface area contributed by atoms with Gasteiger partial charge in [-0.3, -0.25) is 9.59 Å². The molecule has 0 saturated heterocycles. The molecule has 7 nitrogen and oxygen atoms in total. The van der Waals surface area contributed by atoms with Gasteiger partial charge >= 0.3 is 0 Å². The van der Waals surface area contributed by atoms with E-state index < -0.39 is 34.3 Å². The summed E-state index contributed by atoms with van der Waals surface area (Å²) in [4.78, 5) is 27.5.